The molecule has 2 aromatic heterocycles. The number of tetrazole rings is 2. The highest BCUT2D eigenvalue weighted by Crippen LogP contribution is 1.89. The first-order chi connectivity index (χ1) is 6.86. The van der Waals surface area contributed by atoms with Crippen molar-refractivity contribution in [3.63, 3.8) is 0 Å². The topological polar surface area (TPSA) is 122 Å². The smallest absolute Gasteiger partial charge is 0.242 e. The van der Waals surface area contributed by atoms with Crippen LogP contribution in [0.3, 0.4) is 0 Å². The maximum Gasteiger partial charge on any atom is 0.283 e. The standard InChI is InChI=1S/C4H6N10/c1-14-3(6-12-13-14)2-5-7-4-8-10-11-9-4/h2H,1H3,(H2,7,8,9,10,11)/b5-2+. The molecule has 0 aliphatic rings. The van der Waals surface area contributed by atoms with Gasteiger partial charge in [-0.2, -0.15) is 10.3 Å². The summed E-state index contributed by atoms with van der Waals surface area (Å²) in [6.07, 6.45) is 1.44. The van der Waals surface area contributed by atoms with Gasteiger partial charge in [-0.15, -0.1) is 10.2 Å². The molecule has 0 bridgehead atoms. The van der Waals surface area contributed by atoms with Crippen molar-refractivity contribution in [2.24, 2.45) is 12.1 Å². The molecule has 0 radical (unpaired) electrons. The van der Waals surface area contributed by atoms with E-state index in [1.165, 1.54) is 10.9 Å². The zero-order valence-corrected chi connectivity index (χ0v) is 7.16. The Balaban J connectivity index is 1.99. The van der Waals surface area contributed by atoms with E-state index in [0.717, 1.165) is 0 Å². The highest BCUT2D eigenvalue weighted by molar-refractivity contribution is 5.74. The number of hydrazone groups is 1. The van der Waals surface area contributed by atoms with Crippen LogP contribution in [0.5, 0.6) is 0 Å². The van der Waals surface area contributed by atoms with Crippen LogP contribution in [-0.4, -0.2) is 47.0 Å². The van der Waals surface area contributed by atoms with Gasteiger partial charge in [-0.1, -0.05) is 5.10 Å². The summed E-state index contributed by atoms with van der Waals surface area (Å²) in [5, 5.41) is 27.4. The molecular weight excluding hydrogens is 188 g/mol. The first-order valence-electron chi connectivity index (χ1n) is 3.61. The summed E-state index contributed by atoms with van der Waals surface area (Å²) in [5.41, 5.74) is 2.53. The molecule has 0 aromatic carbocycles. The van der Waals surface area contributed by atoms with Crippen molar-refractivity contribution in [1.82, 2.24) is 40.8 Å². The first kappa shape index (κ1) is 8.22. The number of nitrogens with one attached hydrogen (secondary N) is 2. The highest BCUT2D eigenvalue weighted by Gasteiger charge is 1.97. The molecular formula is C4H6N10. The number of aryl methyl sites for hydroxylation is 1. The van der Waals surface area contributed by atoms with Crippen LogP contribution in [0.25, 0.3) is 0 Å². The third-order valence-electron chi connectivity index (χ3n) is 1.34. The average Bonchev–Trinajstić information content (AvgIpc) is 2.78. The molecule has 0 unspecified atom stereocenters. The van der Waals surface area contributed by atoms with Gasteiger partial charge in [0.05, 0.1) is 6.21 Å². The highest BCUT2D eigenvalue weighted by atomic mass is 15.6. The van der Waals surface area contributed by atoms with Crippen LogP contribution in [0.4, 0.5) is 5.95 Å². The molecule has 0 aliphatic carbocycles. The largest absolute Gasteiger partial charge is 0.283 e. The molecule has 10 heteroatoms. The van der Waals surface area contributed by atoms with Crippen LogP contribution >= 0.6 is 0 Å². The van der Waals surface area contributed by atoms with Crippen molar-refractivity contribution < 1.29 is 0 Å². The van der Waals surface area contributed by atoms with Gasteiger partial charge in [0.15, 0.2) is 5.82 Å². The third-order valence-corrected chi connectivity index (χ3v) is 1.34. The third kappa shape index (κ3) is 1.68. The maximum atomic E-state index is 3.79. The second-order valence-electron chi connectivity index (χ2n) is 2.27. The van der Waals surface area contributed by atoms with Gasteiger partial charge < -0.3 is 0 Å². The Bertz CT molecular complexity index is 411. The van der Waals surface area contributed by atoms with Gasteiger partial charge in [0.25, 0.3) is 5.95 Å². The lowest BCUT2D eigenvalue weighted by Crippen LogP contribution is -2.00. The van der Waals surface area contributed by atoms with Crippen molar-refractivity contribution in [2.75, 3.05) is 5.43 Å². The van der Waals surface area contributed by atoms with Crippen LogP contribution in [0.2, 0.25) is 0 Å². The predicted molar refractivity (Wildman–Crippen MR) is 44.2 cm³/mol. The lowest BCUT2D eigenvalue weighted by atomic mass is 10.7. The molecule has 14 heavy (non-hydrogen) atoms. The summed E-state index contributed by atoms with van der Waals surface area (Å²) in [6.45, 7) is 0. The molecule has 0 amide bonds. The predicted octanol–water partition coefficient (Wildman–Crippen LogP) is -1.83. The van der Waals surface area contributed by atoms with Crippen molar-refractivity contribution in [3.05, 3.63) is 5.82 Å². The second-order valence-corrected chi connectivity index (χ2v) is 2.27. The molecule has 0 saturated heterocycles. The van der Waals surface area contributed by atoms with E-state index in [2.05, 4.69) is 46.7 Å². The van der Waals surface area contributed by atoms with Crippen LogP contribution in [0.15, 0.2) is 5.10 Å². The fourth-order valence-electron chi connectivity index (χ4n) is 0.703. The Labute approximate surface area is 77.4 Å². The Morgan fingerprint density at radius 3 is 3.07 bits per heavy atom. The number of anilines is 1. The zero-order valence-electron chi connectivity index (χ0n) is 7.16. The summed E-state index contributed by atoms with van der Waals surface area (Å²) in [7, 11) is 1.70. The van der Waals surface area contributed by atoms with Gasteiger partial charge in [0, 0.05) is 7.05 Å². The number of H-pyrrole nitrogens is 1. The van der Waals surface area contributed by atoms with E-state index in [-0.39, 0.29) is 5.95 Å². The summed E-state index contributed by atoms with van der Waals surface area (Å²) in [6, 6.07) is 0. The second kappa shape index (κ2) is 3.55. The van der Waals surface area contributed by atoms with Crippen LogP contribution < -0.4 is 5.43 Å². The van der Waals surface area contributed by atoms with Crippen molar-refractivity contribution >= 4 is 12.2 Å². The SMILES string of the molecule is Cn1nnnc1/C=N/Nc1nn[nH]n1. The Hall–Kier alpha value is -2.39. The lowest BCUT2D eigenvalue weighted by Gasteiger charge is -1.89. The molecule has 0 fully saturated rings. The van der Waals surface area contributed by atoms with Crippen LogP contribution in [-0.2, 0) is 7.05 Å². The van der Waals surface area contributed by atoms with Gasteiger partial charge in [-0.3, -0.25) is 0 Å². The van der Waals surface area contributed by atoms with Gasteiger partial charge in [-0.05, 0) is 15.6 Å². The van der Waals surface area contributed by atoms with Gasteiger partial charge >= 0.3 is 0 Å². The minimum absolute atomic E-state index is 0.274. The van der Waals surface area contributed by atoms with E-state index in [9.17, 15) is 0 Å². The molecule has 0 saturated carbocycles. The number of rotatable bonds is 3. The minimum atomic E-state index is 0.274. The number of aromatic nitrogens is 8. The van der Waals surface area contributed by atoms with Crippen LogP contribution in [0.1, 0.15) is 5.82 Å². The molecule has 10 nitrogen and oxygen atoms in total. The Morgan fingerprint density at radius 1 is 1.50 bits per heavy atom. The molecule has 0 spiro atoms. The van der Waals surface area contributed by atoms with Crippen molar-refractivity contribution in [2.45, 2.75) is 0 Å². The fraction of sp³-hybridized carbons (Fsp3) is 0.250. The van der Waals surface area contributed by atoms with Gasteiger partial charge in [0.2, 0.25) is 0 Å². The maximum absolute atomic E-state index is 3.79. The Kier molecular flexibility index (Phi) is 2.09. The monoisotopic (exact) mass is 194 g/mol. The van der Waals surface area contributed by atoms with E-state index in [0.29, 0.717) is 5.82 Å². The van der Waals surface area contributed by atoms with E-state index in [4.69, 9.17) is 0 Å². The molecule has 0 aliphatic heterocycles. The quantitative estimate of drug-likeness (QED) is 0.435. The molecule has 0 atom stereocenters. The minimum Gasteiger partial charge on any atom is -0.242 e. The zero-order chi connectivity index (χ0) is 9.80. The molecule has 72 valence electrons. The number of nitrogens with zero attached hydrogens (tertiary/aromatic N) is 8. The average molecular weight is 194 g/mol. The first-order valence-corrected chi connectivity index (χ1v) is 3.61. The van der Waals surface area contributed by atoms with Gasteiger partial charge in [-0.25, -0.2) is 10.1 Å². The molecule has 2 rings (SSSR count). The van der Waals surface area contributed by atoms with Crippen LogP contribution in [0, 0.1) is 0 Å². The molecule has 2 aromatic rings. The molecule has 2 heterocycles. The summed E-state index contributed by atoms with van der Waals surface area (Å²) < 4.78 is 1.47. The lowest BCUT2D eigenvalue weighted by molar-refractivity contribution is 0.707. The normalized spacial score (nSPS) is 10.9. The Morgan fingerprint density at radius 2 is 2.43 bits per heavy atom. The van der Waals surface area contributed by atoms with Crippen molar-refractivity contribution in [1.29, 1.82) is 0 Å². The fourth-order valence-corrected chi connectivity index (χ4v) is 0.703. The van der Waals surface area contributed by atoms with Crippen molar-refractivity contribution in [3.8, 4) is 0 Å². The summed E-state index contributed by atoms with van der Waals surface area (Å²) >= 11 is 0. The number of hydrogen-bond donors (Lipinski definition) is 2. The van der Waals surface area contributed by atoms with E-state index in [1.807, 2.05) is 0 Å². The number of aromatic amines is 1. The van der Waals surface area contributed by atoms with Gasteiger partial charge in [0.1, 0.15) is 0 Å². The number of hydrogen-bond acceptors (Lipinski definition) is 8. The summed E-state index contributed by atoms with van der Waals surface area (Å²) in [5.74, 6) is 0.789. The van der Waals surface area contributed by atoms with E-state index >= 15 is 0 Å². The van der Waals surface area contributed by atoms with E-state index in [1.54, 1.807) is 7.05 Å². The summed E-state index contributed by atoms with van der Waals surface area (Å²) in [4.78, 5) is 0. The molecule has 2 N–H and O–H groups in total. The van der Waals surface area contributed by atoms with E-state index < -0.39 is 0 Å².